The lowest BCUT2D eigenvalue weighted by molar-refractivity contribution is -0.133. The molecule has 0 aromatic carbocycles. The molecule has 1 amide bonds. The third-order valence-corrected chi connectivity index (χ3v) is 3.65. The maximum atomic E-state index is 12.1. The van der Waals surface area contributed by atoms with Crippen LogP contribution in [0.3, 0.4) is 0 Å². The van der Waals surface area contributed by atoms with Gasteiger partial charge >= 0.3 is 0 Å². The number of carbonyl (C=O) groups is 1. The molecule has 0 radical (unpaired) electrons. The van der Waals surface area contributed by atoms with Crippen molar-refractivity contribution in [2.75, 3.05) is 13.1 Å². The topological polar surface area (TPSA) is 59.2 Å². The number of amides is 1. The van der Waals surface area contributed by atoms with Crippen LogP contribution in [0.2, 0.25) is 0 Å². The summed E-state index contributed by atoms with van der Waals surface area (Å²) in [5, 5.41) is 0. The molecule has 1 aliphatic rings. The molecule has 1 aromatic heterocycles. The standard InChI is InChI=1S/C14H21N3O/c1-11-10-17(9-7-13(11)15)14(18)6-5-12-4-2-3-8-16-12/h2-4,8,11,13H,5-7,9-10,15H2,1H3. The van der Waals surface area contributed by atoms with Gasteiger partial charge in [-0.25, -0.2) is 0 Å². The first kappa shape index (κ1) is 13.0. The van der Waals surface area contributed by atoms with Crippen LogP contribution < -0.4 is 5.73 Å². The SMILES string of the molecule is CC1CN(C(=O)CCc2ccccn2)CCC1N. The minimum atomic E-state index is 0.222. The highest BCUT2D eigenvalue weighted by Gasteiger charge is 2.25. The quantitative estimate of drug-likeness (QED) is 0.873. The van der Waals surface area contributed by atoms with Gasteiger partial charge in [0.05, 0.1) is 0 Å². The Morgan fingerprint density at radius 3 is 3.06 bits per heavy atom. The Hall–Kier alpha value is -1.42. The third kappa shape index (κ3) is 3.29. The van der Waals surface area contributed by atoms with Crippen molar-refractivity contribution < 1.29 is 4.79 Å². The molecule has 1 aromatic rings. The van der Waals surface area contributed by atoms with Crippen LogP contribution in [0.15, 0.2) is 24.4 Å². The lowest BCUT2D eigenvalue weighted by atomic mass is 9.94. The number of carbonyl (C=O) groups excluding carboxylic acids is 1. The average Bonchev–Trinajstić information content (AvgIpc) is 2.40. The van der Waals surface area contributed by atoms with Crippen molar-refractivity contribution in [3.63, 3.8) is 0 Å². The first-order valence-electron chi connectivity index (χ1n) is 6.60. The van der Waals surface area contributed by atoms with Crippen molar-refractivity contribution in [2.45, 2.75) is 32.2 Å². The van der Waals surface area contributed by atoms with Gasteiger partial charge in [-0.05, 0) is 30.9 Å². The zero-order chi connectivity index (χ0) is 13.0. The third-order valence-electron chi connectivity index (χ3n) is 3.65. The summed E-state index contributed by atoms with van der Waals surface area (Å²) < 4.78 is 0. The summed E-state index contributed by atoms with van der Waals surface area (Å²) in [5.74, 6) is 0.622. The molecule has 2 atom stereocenters. The highest BCUT2D eigenvalue weighted by atomic mass is 16.2. The molecule has 0 saturated carbocycles. The Kier molecular flexibility index (Phi) is 4.31. The Labute approximate surface area is 108 Å². The van der Waals surface area contributed by atoms with Gasteiger partial charge in [0, 0.05) is 37.4 Å². The normalized spacial score (nSPS) is 24.0. The first-order valence-corrected chi connectivity index (χ1v) is 6.60. The number of aryl methyl sites for hydroxylation is 1. The van der Waals surface area contributed by atoms with E-state index in [0.717, 1.165) is 31.6 Å². The smallest absolute Gasteiger partial charge is 0.222 e. The van der Waals surface area contributed by atoms with E-state index in [2.05, 4.69) is 11.9 Å². The van der Waals surface area contributed by atoms with Gasteiger partial charge in [-0.3, -0.25) is 9.78 Å². The monoisotopic (exact) mass is 247 g/mol. The van der Waals surface area contributed by atoms with E-state index in [1.807, 2.05) is 23.1 Å². The molecule has 0 bridgehead atoms. The Bertz CT molecular complexity index is 393. The van der Waals surface area contributed by atoms with E-state index in [9.17, 15) is 4.79 Å². The fraction of sp³-hybridized carbons (Fsp3) is 0.571. The number of likely N-dealkylation sites (tertiary alicyclic amines) is 1. The molecule has 2 heterocycles. The van der Waals surface area contributed by atoms with Crippen LogP contribution in [-0.4, -0.2) is 34.9 Å². The lowest BCUT2D eigenvalue weighted by Gasteiger charge is -2.35. The van der Waals surface area contributed by atoms with E-state index in [-0.39, 0.29) is 11.9 Å². The summed E-state index contributed by atoms with van der Waals surface area (Å²) in [6.07, 6.45) is 3.94. The van der Waals surface area contributed by atoms with Crippen LogP contribution >= 0.6 is 0 Å². The van der Waals surface area contributed by atoms with Crippen molar-refractivity contribution in [1.82, 2.24) is 9.88 Å². The maximum absolute atomic E-state index is 12.1. The second-order valence-electron chi connectivity index (χ2n) is 5.09. The summed E-state index contributed by atoms with van der Waals surface area (Å²) in [5.41, 5.74) is 6.94. The minimum Gasteiger partial charge on any atom is -0.342 e. The van der Waals surface area contributed by atoms with Crippen molar-refractivity contribution in [2.24, 2.45) is 11.7 Å². The van der Waals surface area contributed by atoms with Crippen molar-refractivity contribution in [1.29, 1.82) is 0 Å². The average molecular weight is 247 g/mol. The molecule has 2 unspecified atom stereocenters. The molecule has 18 heavy (non-hydrogen) atoms. The zero-order valence-electron chi connectivity index (χ0n) is 10.9. The van der Waals surface area contributed by atoms with Crippen molar-refractivity contribution in [3.05, 3.63) is 30.1 Å². The van der Waals surface area contributed by atoms with Gasteiger partial charge in [-0.2, -0.15) is 0 Å². The number of aromatic nitrogens is 1. The predicted octanol–water partition coefficient (Wildman–Crippen LogP) is 1.21. The van der Waals surface area contributed by atoms with Gasteiger partial charge in [-0.1, -0.05) is 13.0 Å². The minimum absolute atomic E-state index is 0.222. The number of rotatable bonds is 3. The fourth-order valence-electron chi connectivity index (χ4n) is 2.33. The summed E-state index contributed by atoms with van der Waals surface area (Å²) in [4.78, 5) is 18.3. The van der Waals surface area contributed by atoms with Crippen molar-refractivity contribution >= 4 is 5.91 Å². The van der Waals surface area contributed by atoms with E-state index >= 15 is 0 Å². The number of hydrogen-bond donors (Lipinski definition) is 1. The second kappa shape index (κ2) is 5.96. The summed E-state index contributed by atoms with van der Waals surface area (Å²) in [6, 6.07) is 6.04. The molecule has 4 heteroatoms. The van der Waals surface area contributed by atoms with E-state index in [4.69, 9.17) is 5.73 Å². The van der Waals surface area contributed by atoms with Crippen LogP contribution in [0, 0.1) is 5.92 Å². The largest absolute Gasteiger partial charge is 0.342 e. The highest BCUT2D eigenvalue weighted by Crippen LogP contribution is 2.16. The molecule has 0 aliphatic carbocycles. The van der Waals surface area contributed by atoms with Gasteiger partial charge in [0.2, 0.25) is 5.91 Å². The number of hydrogen-bond acceptors (Lipinski definition) is 3. The van der Waals surface area contributed by atoms with Crippen LogP contribution in [0.5, 0.6) is 0 Å². The predicted molar refractivity (Wildman–Crippen MR) is 70.9 cm³/mol. The number of nitrogens with zero attached hydrogens (tertiary/aromatic N) is 2. The molecule has 4 nitrogen and oxygen atoms in total. The number of nitrogens with two attached hydrogens (primary N) is 1. The summed E-state index contributed by atoms with van der Waals surface area (Å²) in [6.45, 7) is 3.71. The zero-order valence-corrected chi connectivity index (χ0v) is 10.9. The Morgan fingerprint density at radius 1 is 1.56 bits per heavy atom. The highest BCUT2D eigenvalue weighted by molar-refractivity contribution is 5.76. The molecular weight excluding hydrogens is 226 g/mol. The van der Waals surface area contributed by atoms with E-state index in [1.54, 1.807) is 6.20 Å². The molecule has 1 saturated heterocycles. The molecule has 1 fully saturated rings. The summed E-state index contributed by atoms with van der Waals surface area (Å²) in [7, 11) is 0. The Balaban J connectivity index is 1.82. The summed E-state index contributed by atoms with van der Waals surface area (Å²) >= 11 is 0. The van der Waals surface area contributed by atoms with Gasteiger partial charge in [0.1, 0.15) is 0 Å². The van der Waals surface area contributed by atoms with Crippen LogP contribution in [0.4, 0.5) is 0 Å². The molecule has 98 valence electrons. The van der Waals surface area contributed by atoms with Crippen molar-refractivity contribution in [3.8, 4) is 0 Å². The van der Waals surface area contributed by atoms with E-state index in [1.165, 1.54) is 0 Å². The van der Waals surface area contributed by atoms with Crippen LogP contribution in [-0.2, 0) is 11.2 Å². The van der Waals surface area contributed by atoms with Gasteiger partial charge in [-0.15, -0.1) is 0 Å². The molecular formula is C14H21N3O. The molecule has 0 spiro atoms. The van der Waals surface area contributed by atoms with Crippen LogP contribution in [0.25, 0.3) is 0 Å². The molecule has 2 N–H and O–H groups in total. The Morgan fingerprint density at radius 2 is 2.39 bits per heavy atom. The van der Waals surface area contributed by atoms with E-state index < -0.39 is 0 Å². The fourth-order valence-corrected chi connectivity index (χ4v) is 2.33. The van der Waals surface area contributed by atoms with Gasteiger partial charge < -0.3 is 10.6 Å². The molecule has 1 aliphatic heterocycles. The number of pyridine rings is 1. The van der Waals surface area contributed by atoms with Gasteiger partial charge in [0.25, 0.3) is 0 Å². The first-order chi connectivity index (χ1) is 8.66. The van der Waals surface area contributed by atoms with Gasteiger partial charge in [0.15, 0.2) is 0 Å². The van der Waals surface area contributed by atoms with E-state index in [0.29, 0.717) is 12.3 Å². The number of piperidine rings is 1. The molecule has 2 rings (SSSR count). The van der Waals surface area contributed by atoms with Crippen LogP contribution in [0.1, 0.15) is 25.5 Å². The lowest BCUT2D eigenvalue weighted by Crippen LogP contribution is -2.48. The maximum Gasteiger partial charge on any atom is 0.222 e. The second-order valence-corrected chi connectivity index (χ2v) is 5.09.